The zero-order valence-electron chi connectivity index (χ0n) is 13.9. The molecule has 0 spiro atoms. The Morgan fingerprint density at radius 3 is 1.35 bits per heavy atom. The van der Waals surface area contributed by atoms with Crippen LogP contribution in [0.25, 0.3) is 11.1 Å². The number of ether oxygens (including phenoxy) is 2. The van der Waals surface area contributed by atoms with Crippen LogP contribution in [0.3, 0.4) is 0 Å². The van der Waals surface area contributed by atoms with Gasteiger partial charge in [-0.15, -0.1) is 0 Å². The summed E-state index contributed by atoms with van der Waals surface area (Å²) < 4.78 is 11.0. The van der Waals surface area contributed by atoms with Gasteiger partial charge in [0.1, 0.15) is 46.9 Å². The van der Waals surface area contributed by atoms with E-state index in [2.05, 4.69) is 0 Å². The Kier molecular flexibility index (Phi) is 8.73. The largest absolute Gasteiger partial charge is 0.493 e. The first kappa shape index (κ1) is 20.5. The summed E-state index contributed by atoms with van der Waals surface area (Å²) in [6, 6.07) is 9.77. The number of hydrogen-bond acceptors (Lipinski definition) is 8. The number of nitrogens with zero attached hydrogens (tertiary/aromatic N) is 4. The summed E-state index contributed by atoms with van der Waals surface area (Å²) in [4.78, 5) is 0. The molecule has 1 rings (SSSR count). The van der Waals surface area contributed by atoms with Gasteiger partial charge in [-0.2, -0.15) is 21.0 Å². The lowest BCUT2D eigenvalue weighted by Gasteiger charge is -2.11. The van der Waals surface area contributed by atoms with E-state index in [1.807, 2.05) is 0 Å². The molecule has 0 saturated carbocycles. The molecule has 0 atom stereocenters. The first-order chi connectivity index (χ1) is 12.7. The molecule has 1 aromatic rings. The molecule has 0 amide bonds. The Morgan fingerprint density at radius 1 is 0.731 bits per heavy atom. The van der Waals surface area contributed by atoms with Crippen LogP contribution in [0.4, 0.5) is 0 Å². The van der Waals surface area contributed by atoms with Crippen molar-refractivity contribution in [1.29, 1.82) is 21.0 Å². The number of aliphatic hydroxyl groups excluding tert-OH is 2. The van der Waals surface area contributed by atoms with Gasteiger partial charge in [0.15, 0.2) is 0 Å². The third-order valence-corrected chi connectivity index (χ3v) is 3.19. The SMILES string of the molecule is N#CC(C#N)=c1cc(OCCCO)c(=C(C#N)C#N)cc1OCCCO. The maximum Gasteiger partial charge on any atom is 0.140 e. The molecular weight excluding hydrogens is 336 g/mol. The molecule has 0 aromatic heterocycles. The number of rotatable bonds is 8. The maximum absolute atomic E-state index is 9.16. The number of hydrogen-bond donors (Lipinski definition) is 2. The van der Waals surface area contributed by atoms with Crippen LogP contribution in [0.5, 0.6) is 11.5 Å². The molecule has 8 nitrogen and oxygen atoms in total. The van der Waals surface area contributed by atoms with E-state index in [1.54, 1.807) is 24.3 Å². The fraction of sp³-hybridized carbons (Fsp3) is 0.333. The van der Waals surface area contributed by atoms with E-state index >= 15 is 0 Å². The van der Waals surface area contributed by atoms with E-state index < -0.39 is 0 Å². The summed E-state index contributed by atoms with van der Waals surface area (Å²) in [6.45, 7) is 0.0230. The highest BCUT2D eigenvalue weighted by Gasteiger charge is 2.11. The molecule has 0 unspecified atom stereocenters. The molecule has 0 aliphatic carbocycles. The van der Waals surface area contributed by atoms with Crippen molar-refractivity contribution in [3.8, 4) is 35.8 Å². The molecule has 1 aromatic carbocycles. The molecule has 0 aliphatic heterocycles. The Labute approximate surface area is 150 Å². The van der Waals surface area contributed by atoms with E-state index in [4.69, 9.17) is 40.7 Å². The van der Waals surface area contributed by atoms with Crippen molar-refractivity contribution in [2.75, 3.05) is 26.4 Å². The van der Waals surface area contributed by atoms with E-state index in [-0.39, 0.29) is 59.5 Å². The number of aliphatic hydroxyl groups is 2. The minimum Gasteiger partial charge on any atom is -0.493 e. The molecule has 26 heavy (non-hydrogen) atoms. The van der Waals surface area contributed by atoms with Crippen LogP contribution in [0.15, 0.2) is 12.1 Å². The van der Waals surface area contributed by atoms with Gasteiger partial charge in [0.2, 0.25) is 0 Å². The molecule has 0 radical (unpaired) electrons. The lowest BCUT2D eigenvalue weighted by atomic mass is 10.1. The summed E-state index contributed by atoms with van der Waals surface area (Å²) in [5.74, 6) is 0.258. The highest BCUT2D eigenvalue weighted by molar-refractivity contribution is 5.77. The topological polar surface area (TPSA) is 154 Å². The zero-order valence-corrected chi connectivity index (χ0v) is 13.9. The maximum atomic E-state index is 9.16. The van der Waals surface area contributed by atoms with Crippen LogP contribution in [-0.4, -0.2) is 36.6 Å². The van der Waals surface area contributed by atoms with Crippen molar-refractivity contribution < 1.29 is 19.7 Å². The average molecular weight is 352 g/mol. The number of benzene rings is 1. The molecule has 0 heterocycles. The Morgan fingerprint density at radius 2 is 1.08 bits per heavy atom. The van der Waals surface area contributed by atoms with Crippen molar-refractivity contribution in [3.05, 3.63) is 22.6 Å². The van der Waals surface area contributed by atoms with Crippen LogP contribution < -0.4 is 19.9 Å². The normalized spacial score (nSPS) is 9.15. The predicted octanol–water partition coefficient (Wildman–Crippen LogP) is -0.395. The lowest BCUT2D eigenvalue weighted by molar-refractivity contribution is 0.228. The van der Waals surface area contributed by atoms with Crippen LogP contribution in [0.1, 0.15) is 12.8 Å². The van der Waals surface area contributed by atoms with Crippen LogP contribution in [0, 0.1) is 45.3 Å². The van der Waals surface area contributed by atoms with Crippen LogP contribution in [0.2, 0.25) is 0 Å². The minimum absolute atomic E-state index is 0.106. The highest BCUT2D eigenvalue weighted by Crippen LogP contribution is 2.11. The fourth-order valence-corrected chi connectivity index (χ4v) is 1.97. The molecule has 0 aliphatic rings. The summed E-state index contributed by atoms with van der Waals surface area (Å²) >= 11 is 0. The minimum atomic E-state index is -0.224. The van der Waals surface area contributed by atoms with Gasteiger partial charge in [-0.3, -0.25) is 0 Å². The van der Waals surface area contributed by atoms with E-state index in [0.717, 1.165) is 0 Å². The summed E-state index contributed by atoms with van der Waals surface area (Å²) in [7, 11) is 0. The average Bonchev–Trinajstić information content (AvgIpc) is 2.66. The monoisotopic (exact) mass is 352 g/mol. The third kappa shape index (κ3) is 5.23. The van der Waals surface area contributed by atoms with Crippen molar-refractivity contribution in [2.24, 2.45) is 0 Å². The van der Waals surface area contributed by atoms with Crippen molar-refractivity contribution in [2.45, 2.75) is 12.8 Å². The zero-order chi connectivity index (χ0) is 19.4. The highest BCUT2D eigenvalue weighted by atomic mass is 16.5. The quantitative estimate of drug-likeness (QED) is 0.599. The van der Waals surface area contributed by atoms with Crippen molar-refractivity contribution >= 4 is 11.1 Å². The predicted molar refractivity (Wildman–Crippen MR) is 89.4 cm³/mol. The summed E-state index contributed by atoms with van der Waals surface area (Å²) in [6.07, 6.45) is 0.649. The van der Waals surface area contributed by atoms with Gasteiger partial charge >= 0.3 is 0 Å². The summed E-state index contributed by atoms with van der Waals surface area (Å²) in [5.41, 5.74) is -0.448. The van der Waals surface area contributed by atoms with Gasteiger partial charge in [-0.05, 0) is 12.1 Å². The van der Waals surface area contributed by atoms with Gasteiger partial charge < -0.3 is 19.7 Å². The smallest absolute Gasteiger partial charge is 0.140 e. The van der Waals surface area contributed by atoms with Crippen molar-refractivity contribution in [1.82, 2.24) is 0 Å². The lowest BCUT2D eigenvalue weighted by Crippen LogP contribution is -2.21. The van der Waals surface area contributed by atoms with Gasteiger partial charge in [0.05, 0.1) is 13.2 Å². The molecule has 2 N–H and O–H groups in total. The van der Waals surface area contributed by atoms with Gasteiger partial charge in [-0.25, -0.2) is 0 Å². The number of nitriles is 4. The van der Waals surface area contributed by atoms with Gasteiger partial charge in [0.25, 0.3) is 0 Å². The molecule has 0 fully saturated rings. The fourth-order valence-electron chi connectivity index (χ4n) is 1.97. The van der Waals surface area contributed by atoms with E-state index in [9.17, 15) is 0 Å². The molecule has 132 valence electrons. The molecule has 0 bridgehead atoms. The Balaban J connectivity index is 3.74. The second kappa shape index (κ2) is 11.1. The third-order valence-electron chi connectivity index (χ3n) is 3.19. The molecule has 0 saturated heterocycles. The van der Waals surface area contributed by atoms with Crippen LogP contribution >= 0.6 is 0 Å². The van der Waals surface area contributed by atoms with Gasteiger partial charge in [0, 0.05) is 36.5 Å². The standard InChI is InChI=1S/C18H16N4O4/c19-9-13(10-20)15-8-18(26-6-2-4-24)16(14(11-21)12-22)7-17(15)25-5-1-3-23/h7-8,23-24H,1-6H2. The molecular formula is C18H16N4O4. The Hall–Kier alpha value is -3.56. The first-order valence-corrected chi connectivity index (χ1v) is 7.67. The Bertz CT molecular complexity index is 817. The molecule has 8 heteroatoms. The van der Waals surface area contributed by atoms with Gasteiger partial charge in [-0.1, -0.05) is 0 Å². The van der Waals surface area contributed by atoms with E-state index in [1.165, 1.54) is 12.1 Å². The second-order valence-electron chi connectivity index (χ2n) is 4.89. The van der Waals surface area contributed by atoms with E-state index in [0.29, 0.717) is 12.8 Å². The van der Waals surface area contributed by atoms with Crippen molar-refractivity contribution in [3.63, 3.8) is 0 Å². The second-order valence-corrected chi connectivity index (χ2v) is 4.89. The first-order valence-electron chi connectivity index (χ1n) is 7.67. The summed E-state index contributed by atoms with van der Waals surface area (Å²) in [5, 5.41) is 54.7. The van der Waals surface area contributed by atoms with Crippen LogP contribution in [-0.2, 0) is 0 Å².